The van der Waals surface area contributed by atoms with Crippen molar-refractivity contribution >= 4 is 35.9 Å². The van der Waals surface area contributed by atoms with Crippen LogP contribution in [0.25, 0.3) is 0 Å². The van der Waals surface area contributed by atoms with Gasteiger partial charge in [0.05, 0.1) is 34.0 Å². The Hall–Kier alpha value is -1.59. The first kappa shape index (κ1) is 25.4. The Morgan fingerprint density at radius 2 is 2.07 bits per heavy atom. The van der Waals surface area contributed by atoms with E-state index >= 15 is 0 Å². The predicted molar refractivity (Wildman–Crippen MR) is 122 cm³/mol. The van der Waals surface area contributed by atoms with E-state index in [1.54, 1.807) is 26.3 Å². The summed E-state index contributed by atoms with van der Waals surface area (Å²) in [6.45, 7) is 4.37. The number of carbonyl (C=O) groups is 1. The molecule has 0 amide bonds. The Morgan fingerprint density at radius 1 is 1.28 bits per heavy atom. The number of hydrogen-bond acceptors (Lipinski definition) is 6. The predicted octanol–water partition coefficient (Wildman–Crippen LogP) is 2.16. The highest BCUT2D eigenvalue weighted by atomic mass is 127. The van der Waals surface area contributed by atoms with Crippen LogP contribution in [0.2, 0.25) is 0 Å². The van der Waals surface area contributed by atoms with E-state index in [1.807, 2.05) is 6.07 Å². The van der Waals surface area contributed by atoms with Crippen LogP contribution in [-0.2, 0) is 20.8 Å². The van der Waals surface area contributed by atoms with Gasteiger partial charge in [0.25, 0.3) is 0 Å². The molecule has 1 aromatic carbocycles. The summed E-state index contributed by atoms with van der Waals surface area (Å²) >= 11 is 0. The topological polar surface area (TPSA) is 81.6 Å². The van der Waals surface area contributed by atoms with Crippen LogP contribution in [0.1, 0.15) is 22.3 Å². The summed E-state index contributed by atoms with van der Waals surface area (Å²) in [6.07, 6.45) is 1.07. The van der Waals surface area contributed by atoms with Gasteiger partial charge < -0.3 is 29.2 Å². The fourth-order valence-corrected chi connectivity index (χ4v) is 3.20. The van der Waals surface area contributed by atoms with Gasteiger partial charge in [-0.15, -0.1) is 24.0 Å². The van der Waals surface area contributed by atoms with Crippen LogP contribution < -0.4 is 10.1 Å². The lowest BCUT2D eigenvalue weighted by Gasteiger charge is -2.22. The lowest BCUT2D eigenvalue weighted by Crippen LogP contribution is -2.39. The molecule has 2 rings (SSSR count). The van der Waals surface area contributed by atoms with E-state index in [-0.39, 0.29) is 24.0 Å². The third kappa shape index (κ3) is 7.63. The van der Waals surface area contributed by atoms with Gasteiger partial charge in [0.1, 0.15) is 11.3 Å². The molecule has 1 saturated heterocycles. The molecule has 0 bridgehead atoms. The number of benzene rings is 1. The van der Waals surface area contributed by atoms with E-state index < -0.39 is 5.97 Å². The molecule has 0 saturated carbocycles. The second-order valence-electron chi connectivity index (χ2n) is 6.60. The number of hydrogen-bond donors (Lipinski definition) is 1. The van der Waals surface area contributed by atoms with E-state index in [1.165, 1.54) is 14.2 Å². The minimum Gasteiger partial charge on any atom is -0.496 e. The zero-order valence-corrected chi connectivity index (χ0v) is 19.9. The van der Waals surface area contributed by atoms with Crippen molar-refractivity contribution in [2.75, 3.05) is 61.3 Å². The Bertz CT molecular complexity index is 672. The molecule has 29 heavy (non-hydrogen) atoms. The first-order valence-electron chi connectivity index (χ1n) is 9.40. The largest absolute Gasteiger partial charge is 0.496 e. The van der Waals surface area contributed by atoms with Gasteiger partial charge in [0.2, 0.25) is 0 Å². The highest BCUT2D eigenvalue weighted by Gasteiger charge is 2.25. The molecule has 1 atom stereocenters. The fourth-order valence-electron chi connectivity index (χ4n) is 3.20. The van der Waals surface area contributed by atoms with E-state index in [9.17, 15) is 4.79 Å². The zero-order chi connectivity index (χ0) is 20.4. The average molecular weight is 521 g/mol. The van der Waals surface area contributed by atoms with Gasteiger partial charge in [-0.1, -0.05) is 6.07 Å². The van der Waals surface area contributed by atoms with Crippen molar-refractivity contribution in [3.8, 4) is 5.75 Å². The van der Waals surface area contributed by atoms with Gasteiger partial charge in [-0.05, 0) is 24.1 Å². The summed E-state index contributed by atoms with van der Waals surface area (Å²) in [5.74, 6) is 1.41. The maximum absolute atomic E-state index is 11.9. The smallest absolute Gasteiger partial charge is 0.341 e. The van der Waals surface area contributed by atoms with Crippen LogP contribution in [0.3, 0.4) is 0 Å². The van der Waals surface area contributed by atoms with E-state index in [4.69, 9.17) is 18.9 Å². The molecular formula is C20H32IN3O5. The molecule has 164 valence electrons. The number of nitrogens with one attached hydrogen (secondary N) is 1. The number of ether oxygens (including phenoxy) is 4. The number of nitrogens with zero attached hydrogens (tertiary/aromatic N) is 2. The molecule has 1 fully saturated rings. The third-order valence-corrected chi connectivity index (χ3v) is 4.70. The second kappa shape index (κ2) is 13.6. The minimum absolute atomic E-state index is 0. The van der Waals surface area contributed by atoms with Crippen LogP contribution in [-0.4, -0.2) is 78.1 Å². The molecule has 1 heterocycles. The number of esters is 1. The quantitative estimate of drug-likeness (QED) is 0.175. The SMILES string of the molecule is CN=C(NCc1ccc(OC)c(C(=O)OC)c1)N1CCC(COCCOC)C1.I. The molecule has 9 heteroatoms. The summed E-state index contributed by atoms with van der Waals surface area (Å²) in [4.78, 5) is 18.6. The molecule has 1 aliphatic heterocycles. The van der Waals surface area contributed by atoms with Gasteiger partial charge >= 0.3 is 5.97 Å². The highest BCUT2D eigenvalue weighted by Crippen LogP contribution is 2.21. The second-order valence-corrected chi connectivity index (χ2v) is 6.60. The molecule has 1 N–H and O–H groups in total. The lowest BCUT2D eigenvalue weighted by atomic mass is 10.1. The molecule has 1 aromatic rings. The Morgan fingerprint density at radius 3 is 2.72 bits per heavy atom. The highest BCUT2D eigenvalue weighted by molar-refractivity contribution is 14.0. The molecule has 0 aromatic heterocycles. The number of carbonyl (C=O) groups excluding carboxylic acids is 1. The van der Waals surface area contributed by atoms with Crippen LogP contribution >= 0.6 is 24.0 Å². The Kier molecular flexibility index (Phi) is 11.9. The number of halogens is 1. The van der Waals surface area contributed by atoms with Crippen LogP contribution in [0, 0.1) is 5.92 Å². The fraction of sp³-hybridized carbons (Fsp3) is 0.600. The van der Waals surface area contributed by atoms with Crippen molar-refractivity contribution in [1.29, 1.82) is 0 Å². The van der Waals surface area contributed by atoms with Crippen molar-refractivity contribution in [2.45, 2.75) is 13.0 Å². The summed E-state index contributed by atoms with van der Waals surface area (Å²) in [7, 11) is 6.34. The summed E-state index contributed by atoms with van der Waals surface area (Å²) < 4.78 is 20.7. The lowest BCUT2D eigenvalue weighted by molar-refractivity contribution is 0.0536. The standard InChI is InChI=1S/C20H31N3O5.HI/c1-21-20(23-8-7-16(13-23)14-28-10-9-25-2)22-12-15-5-6-18(26-3)17(11-15)19(24)27-4;/h5-6,11,16H,7-10,12-14H2,1-4H3,(H,21,22);1H. The number of aliphatic imine (C=N–C) groups is 1. The molecule has 8 nitrogen and oxygen atoms in total. The van der Waals surface area contributed by atoms with Crippen molar-refractivity contribution in [3.63, 3.8) is 0 Å². The van der Waals surface area contributed by atoms with Gasteiger partial charge in [0.15, 0.2) is 5.96 Å². The van der Waals surface area contributed by atoms with E-state index in [0.717, 1.165) is 37.6 Å². The number of guanidine groups is 1. The third-order valence-electron chi connectivity index (χ3n) is 4.70. The zero-order valence-electron chi connectivity index (χ0n) is 17.6. The van der Waals surface area contributed by atoms with E-state index in [0.29, 0.717) is 37.0 Å². The van der Waals surface area contributed by atoms with Crippen LogP contribution in [0.15, 0.2) is 23.2 Å². The number of methoxy groups -OCH3 is 3. The maximum atomic E-state index is 11.9. The molecular weight excluding hydrogens is 489 g/mol. The van der Waals surface area contributed by atoms with Gasteiger partial charge in [-0.3, -0.25) is 4.99 Å². The summed E-state index contributed by atoms with van der Waals surface area (Å²) in [5.41, 5.74) is 1.36. The molecule has 1 unspecified atom stereocenters. The minimum atomic E-state index is -0.418. The first-order valence-corrected chi connectivity index (χ1v) is 9.40. The normalized spacial score (nSPS) is 16.3. The van der Waals surface area contributed by atoms with Crippen molar-refractivity contribution in [3.05, 3.63) is 29.3 Å². The van der Waals surface area contributed by atoms with Gasteiger partial charge in [0, 0.05) is 39.7 Å². The Balaban J connectivity index is 0.00000420. The van der Waals surface area contributed by atoms with Crippen LogP contribution in [0.4, 0.5) is 0 Å². The van der Waals surface area contributed by atoms with E-state index in [2.05, 4.69) is 15.2 Å². The number of likely N-dealkylation sites (tertiary alicyclic amines) is 1. The molecule has 0 spiro atoms. The summed E-state index contributed by atoms with van der Waals surface area (Å²) in [5, 5.41) is 3.37. The first-order chi connectivity index (χ1) is 13.6. The maximum Gasteiger partial charge on any atom is 0.341 e. The average Bonchev–Trinajstić information content (AvgIpc) is 3.19. The molecule has 1 aliphatic rings. The Labute approximate surface area is 189 Å². The van der Waals surface area contributed by atoms with Crippen LogP contribution in [0.5, 0.6) is 5.75 Å². The molecule has 0 radical (unpaired) electrons. The van der Waals surface area contributed by atoms with Gasteiger partial charge in [-0.2, -0.15) is 0 Å². The van der Waals surface area contributed by atoms with Crippen molar-refractivity contribution < 1.29 is 23.7 Å². The summed E-state index contributed by atoms with van der Waals surface area (Å²) in [6, 6.07) is 5.47. The van der Waals surface area contributed by atoms with Crippen molar-refractivity contribution in [1.82, 2.24) is 10.2 Å². The van der Waals surface area contributed by atoms with Gasteiger partial charge in [-0.25, -0.2) is 4.79 Å². The monoisotopic (exact) mass is 521 g/mol. The molecule has 0 aliphatic carbocycles. The van der Waals surface area contributed by atoms with Crippen molar-refractivity contribution in [2.24, 2.45) is 10.9 Å². The number of rotatable bonds is 9.